The highest BCUT2D eigenvalue weighted by Crippen LogP contribution is 2.30. The van der Waals surface area contributed by atoms with E-state index in [4.69, 9.17) is 9.15 Å². The number of ether oxygens (including phenoxy) is 1. The quantitative estimate of drug-likeness (QED) is 0.688. The Hall–Kier alpha value is -2.66. The van der Waals surface area contributed by atoms with Crippen molar-refractivity contribution in [2.24, 2.45) is 0 Å². The van der Waals surface area contributed by atoms with Gasteiger partial charge in [-0.3, -0.25) is 4.90 Å². The Bertz CT molecular complexity index is 786. The predicted octanol–water partition coefficient (Wildman–Crippen LogP) is 3.94. The van der Waals surface area contributed by atoms with Crippen LogP contribution in [0.3, 0.4) is 0 Å². The molecule has 5 heteroatoms. The molecule has 0 aliphatic rings. The predicted molar refractivity (Wildman–Crippen MR) is 92.6 cm³/mol. The molecule has 0 radical (unpaired) electrons. The van der Waals surface area contributed by atoms with Crippen molar-refractivity contribution in [2.75, 3.05) is 14.2 Å². The summed E-state index contributed by atoms with van der Waals surface area (Å²) in [6.07, 6.45) is 0. The summed E-state index contributed by atoms with van der Waals surface area (Å²) >= 11 is 0. The van der Waals surface area contributed by atoms with Crippen molar-refractivity contribution in [1.82, 2.24) is 15.1 Å². The summed E-state index contributed by atoms with van der Waals surface area (Å²) in [5.41, 5.74) is 2.05. The fourth-order valence-corrected chi connectivity index (χ4v) is 2.53. The van der Waals surface area contributed by atoms with Gasteiger partial charge >= 0.3 is 0 Å². The lowest BCUT2D eigenvalue weighted by Crippen LogP contribution is -2.22. The first-order chi connectivity index (χ1) is 11.7. The van der Waals surface area contributed by atoms with Crippen molar-refractivity contribution in [3.63, 3.8) is 0 Å². The lowest BCUT2D eigenvalue weighted by atomic mass is 10.2. The van der Waals surface area contributed by atoms with E-state index in [9.17, 15) is 0 Å². The molecule has 0 N–H and O–H groups in total. The molecule has 1 unspecified atom stereocenters. The Morgan fingerprint density at radius 2 is 1.75 bits per heavy atom. The fourth-order valence-electron chi connectivity index (χ4n) is 2.53. The first-order valence-corrected chi connectivity index (χ1v) is 7.90. The van der Waals surface area contributed by atoms with E-state index in [0.29, 0.717) is 11.8 Å². The van der Waals surface area contributed by atoms with E-state index in [1.165, 1.54) is 5.56 Å². The maximum Gasteiger partial charge on any atom is 0.251 e. The standard InChI is InChI=1S/C19H21N3O2/c1-14(22(2)13-15-9-5-4-6-10-15)18-20-21-19(24-18)16-11-7-8-12-17(16)23-3/h4-12,14H,13H2,1-3H3. The first kappa shape index (κ1) is 16.2. The van der Waals surface area contributed by atoms with Crippen molar-refractivity contribution in [1.29, 1.82) is 0 Å². The van der Waals surface area contributed by atoms with Gasteiger partial charge < -0.3 is 9.15 Å². The molecule has 0 aliphatic carbocycles. The number of para-hydroxylation sites is 1. The van der Waals surface area contributed by atoms with Gasteiger partial charge in [0.1, 0.15) is 5.75 Å². The van der Waals surface area contributed by atoms with Crippen LogP contribution in [-0.4, -0.2) is 29.3 Å². The molecule has 0 bridgehead atoms. The molecular weight excluding hydrogens is 302 g/mol. The number of hydrogen-bond donors (Lipinski definition) is 0. The van der Waals surface area contributed by atoms with E-state index in [0.717, 1.165) is 17.9 Å². The van der Waals surface area contributed by atoms with Crippen molar-refractivity contribution in [2.45, 2.75) is 19.5 Å². The molecule has 0 amide bonds. The molecule has 1 atom stereocenters. The molecule has 5 nitrogen and oxygen atoms in total. The van der Waals surface area contributed by atoms with E-state index in [1.807, 2.05) is 49.5 Å². The maximum atomic E-state index is 5.89. The molecule has 0 fully saturated rings. The second-order valence-corrected chi connectivity index (χ2v) is 5.72. The first-order valence-electron chi connectivity index (χ1n) is 7.90. The van der Waals surface area contributed by atoms with E-state index >= 15 is 0 Å². The summed E-state index contributed by atoms with van der Waals surface area (Å²) in [4.78, 5) is 2.18. The minimum absolute atomic E-state index is 0.0150. The molecule has 1 heterocycles. The Morgan fingerprint density at radius 3 is 2.50 bits per heavy atom. The van der Waals surface area contributed by atoms with Crippen molar-refractivity contribution < 1.29 is 9.15 Å². The third-order valence-corrected chi connectivity index (χ3v) is 4.07. The number of aromatic nitrogens is 2. The summed E-state index contributed by atoms with van der Waals surface area (Å²) in [7, 11) is 3.68. The molecule has 3 aromatic rings. The molecule has 0 spiro atoms. The van der Waals surface area contributed by atoms with Crippen LogP contribution in [-0.2, 0) is 6.54 Å². The van der Waals surface area contributed by atoms with Crippen LogP contribution >= 0.6 is 0 Å². The van der Waals surface area contributed by atoms with Gasteiger partial charge in [-0.2, -0.15) is 0 Å². The van der Waals surface area contributed by atoms with Crippen LogP contribution in [0.1, 0.15) is 24.4 Å². The van der Waals surface area contributed by atoms with Crippen LogP contribution in [0.25, 0.3) is 11.5 Å². The van der Waals surface area contributed by atoms with Crippen LogP contribution in [0, 0.1) is 0 Å². The summed E-state index contributed by atoms with van der Waals surface area (Å²) in [6, 6.07) is 18.0. The smallest absolute Gasteiger partial charge is 0.251 e. The summed E-state index contributed by atoms with van der Waals surface area (Å²) in [5.74, 6) is 1.79. The van der Waals surface area contributed by atoms with Crippen LogP contribution in [0.2, 0.25) is 0 Å². The lowest BCUT2D eigenvalue weighted by molar-refractivity contribution is 0.218. The molecule has 124 valence electrons. The molecular formula is C19H21N3O2. The SMILES string of the molecule is COc1ccccc1-c1nnc(C(C)N(C)Cc2ccccc2)o1. The van der Waals surface area contributed by atoms with Crippen molar-refractivity contribution in [3.8, 4) is 17.2 Å². The monoisotopic (exact) mass is 323 g/mol. The van der Waals surface area contributed by atoms with Crippen molar-refractivity contribution in [3.05, 3.63) is 66.1 Å². The molecule has 0 saturated heterocycles. The fraction of sp³-hybridized carbons (Fsp3) is 0.263. The van der Waals surface area contributed by atoms with Gasteiger partial charge in [-0.15, -0.1) is 10.2 Å². The third kappa shape index (κ3) is 3.46. The minimum atomic E-state index is 0.0150. The van der Waals surface area contributed by atoms with E-state index < -0.39 is 0 Å². The van der Waals surface area contributed by atoms with Gasteiger partial charge in [-0.1, -0.05) is 42.5 Å². The topological polar surface area (TPSA) is 51.4 Å². The molecule has 24 heavy (non-hydrogen) atoms. The zero-order valence-electron chi connectivity index (χ0n) is 14.1. The van der Waals surface area contributed by atoms with Gasteiger partial charge in [0, 0.05) is 6.54 Å². The van der Waals surface area contributed by atoms with Gasteiger partial charge in [-0.05, 0) is 31.7 Å². The Morgan fingerprint density at radius 1 is 1.04 bits per heavy atom. The number of benzene rings is 2. The van der Waals surface area contributed by atoms with E-state index in [-0.39, 0.29) is 6.04 Å². The van der Waals surface area contributed by atoms with Gasteiger partial charge in [-0.25, -0.2) is 0 Å². The zero-order valence-corrected chi connectivity index (χ0v) is 14.1. The van der Waals surface area contributed by atoms with Crippen molar-refractivity contribution >= 4 is 0 Å². The van der Waals surface area contributed by atoms with E-state index in [1.54, 1.807) is 7.11 Å². The van der Waals surface area contributed by atoms with Gasteiger partial charge in [0.05, 0.1) is 18.7 Å². The van der Waals surface area contributed by atoms with Crippen LogP contribution in [0.5, 0.6) is 5.75 Å². The molecule has 1 aromatic heterocycles. The molecule has 0 aliphatic heterocycles. The average molecular weight is 323 g/mol. The molecule has 3 rings (SSSR count). The lowest BCUT2D eigenvalue weighted by Gasteiger charge is -2.21. The van der Waals surface area contributed by atoms with Crippen LogP contribution in [0.4, 0.5) is 0 Å². The molecule has 0 saturated carbocycles. The maximum absolute atomic E-state index is 5.89. The van der Waals surface area contributed by atoms with Gasteiger partial charge in [0.15, 0.2) is 0 Å². The largest absolute Gasteiger partial charge is 0.496 e. The van der Waals surface area contributed by atoms with E-state index in [2.05, 4.69) is 34.2 Å². The van der Waals surface area contributed by atoms with Crippen LogP contribution < -0.4 is 4.74 Å². The highest BCUT2D eigenvalue weighted by molar-refractivity contribution is 5.62. The zero-order chi connectivity index (χ0) is 16.9. The Labute approximate surface area is 141 Å². The number of hydrogen-bond acceptors (Lipinski definition) is 5. The van der Waals surface area contributed by atoms with Gasteiger partial charge in [0.25, 0.3) is 5.89 Å². The number of nitrogens with zero attached hydrogens (tertiary/aromatic N) is 3. The summed E-state index contributed by atoms with van der Waals surface area (Å²) in [5, 5.41) is 8.40. The van der Waals surface area contributed by atoms with Crippen LogP contribution in [0.15, 0.2) is 59.0 Å². The highest BCUT2D eigenvalue weighted by atomic mass is 16.5. The van der Waals surface area contributed by atoms with Gasteiger partial charge in [0.2, 0.25) is 5.89 Å². The normalized spacial score (nSPS) is 12.3. The summed E-state index contributed by atoms with van der Waals surface area (Å²) in [6.45, 7) is 2.87. The molecule has 2 aromatic carbocycles. The second-order valence-electron chi connectivity index (χ2n) is 5.72. The number of rotatable bonds is 6. The average Bonchev–Trinajstić information content (AvgIpc) is 3.11. The third-order valence-electron chi connectivity index (χ3n) is 4.07. The second kappa shape index (κ2) is 7.27. The number of methoxy groups -OCH3 is 1. The Balaban J connectivity index is 1.77. The Kier molecular flexibility index (Phi) is 4.91. The minimum Gasteiger partial charge on any atom is -0.496 e. The highest BCUT2D eigenvalue weighted by Gasteiger charge is 2.20. The summed E-state index contributed by atoms with van der Waals surface area (Å²) < 4.78 is 11.2.